The topological polar surface area (TPSA) is 113 Å². The Morgan fingerprint density at radius 2 is 1.58 bits per heavy atom. The summed E-state index contributed by atoms with van der Waals surface area (Å²) < 4.78 is 27.1. The number of nitrogens with one attached hydrogen (secondary N) is 2. The number of carbonyl (C=O) groups excluding carboxylic acids is 1. The fraction of sp³-hybridized carbons (Fsp3) is 0.556. The van der Waals surface area contributed by atoms with E-state index in [4.69, 9.17) is 0 Å². The Bertz CT molecular complexity index is 766. The van der Waals surface area contributed by atoms with Crippen molar-refractivity contribution in [2.75, 3.05) is 5.32 Å². The molecule has 2 atom stereocenters. The van der Waals surface area contributed by atoms with Gasteiger partial charge in [-0.2, -0.15) is 0 Å². The largest absolute Gasteiger partial charge is 0.481 e. The van der Waals surface area contributed by atoms with Gasteiger partial charge >= 0.3 is 5.97 Å². The number of rotatable bonds is 5. The number of carboxylic acid groups (broad SMARTS) is 1. The zero-order valence-electron chi connectivity index (χ0n) is 15.3. The lowest BCUT2D eigenvalue weighted by Crippen LogP contribution is -2.40. The quantitative estimate of drug-likeness (QED) is 0.724. The number of benzene rings is 1. The lowest BCUT2D eigenvalue weighted by Gasteiger charge is -2.27. The predicted molar refractivity (Wildman–Crippen MR) is 98.2 cm³/mol. The number of sulfonamides is 1. The Balaban J connectivity index is 2.09. The van der Waals surface area contributed by atoms with Crippen LogP contribution in [0.3, 0.4) is 0 Å². The molecule has 0 spiro atoms. The van der Waals surface area contributed by atoms with Crippen molar-refractivity contribution in [2.24, 2.45) is 11.8 Å². The highest BCUT2D eigenvalue weighted by Crippen LogP contribution is 2.31. The number of aliphatic carboxylic acids is 1. The number of carboxylic acids is 1. The zero-order valence-corrected chi connectivity index (χ0v) is 16.1. The van der Waals surface area contributed by atoms with Gasteiger partial charge in [0.1, 0.15) is 0 Å². The average Bonchev–Trinajstić information content (AvgIpc) is 2.53. The van der Waals surface area contributed by atoms with Crippen LogP contribution in [0.15, 0.2) is 29.2 Å². The maximum absolute atomic E-state index is 12.4. The molecule has 0 heterocycles. The molecule has 144 valence electrons. The van der Waals surface area contributed by atoms with E-state index in [1.807, 2.05) is 0 Å². The minimum absolute atomic E-state index is 0.103. The van der Waals surface area contributed by atoms with Crippen LogP contribution in [0.25, 0.3) is 0 Å². The molecule has 1 saturated carbocycles. The van der Waals surface area contributed by atoms with Crippen molar-refractivity contribution in [3.63, 3.8) is 0 Å². The van der Waals surface area contributed by atoms with Crippen molar-refractivity contribution in [1.82, 2.24) is 4.72 Å². The predicted octanol–water partition coefficient (Wildman–Crippen LogP) is 2.59. The number of amides is 1. The first kappa shape index (κ1) is 20.4. The Kier molecular flexibility index (Phi) is 6.08. The third kappa shape index (κ3) is 5.28. The van der Waals surface area contributed by atoms with Crippen LogP contribution in [-0.4, -0.2) is 30.9 Å². The molecule has 1 aliphatic carbocycles. The van der Waals surface area contributed by atoms with Crippen LogP contribution in [0.2, 0.25) is 0 Å². The highest BCUT2D eigenvalue weighted by molar-refractivity contribution is 7.89. The second kappa shape index (κ2) is 7.75. The zero-order chi connectivity index (χ0) is 19.5. The smallest absolute Gasteiger partial charge is 0.307 e. The van der Waals surface area contributed by atoms with Gasteiger partial charge in [-0.25, -0.2) is 13.1 Å². The van der Waals surface area contributed by atoms with Crippen molar-refractivity contribution in [3.8, 4) is 0 Å². The van der Waals surface area contributed by atoms with Crippen molar-refractivity contribution < 1.29 is 23.1 Å². The molecule has 7 nitrogen and oxygen atoms in total. The first-order valence-corrected chi connectivity index (χ1v) is 10.2. The summed E-state index contributed by atoms with van der Waals surface area (Å²) in [4.78, 5) is 23.9. The molecule has 26 heavy (non-hydrogen) atoms. The van der Waals surface area contributed by atoms with E-state index in [0.717, 1.165) is 12.8 Å². The molecule has 1 fully saturated rings. The Hall–Kier alpha value is -1.93. The molecule has 0 bridgehead atoms. The van der Waals surface area contributed by atoms with Crippen LogP contribution in [0.5, 0.6) is 0 Å². The van der Waals surface area contributed by atoms with Crippen LogP contribution in [0, 0.1) is 11.8 Å². The average molecular weight is 382 g/mol. The van der Waals surface area contributed by atoms with E-state index in [-0.39, 0.29) is 10.8 Å². The monoisotopic (exact) mass is 382 g/mol. The second-order valence-electron chi connectivity index (χ2n) is 7.70. The van der Waals surface area contributed by atoms with Gasteiger partial charge in [0.15, 0.2) is 0 Å². The number of hydrogen-bond acceptors (Lipinski definition) is 4. The fourth-order valence-electron chi connectivity index (χ4n) is 3.15. The molecule has 3 N–H and O–H groups in total. The number of hydrogen-bond donors (Lipinski definition) is 3. The highest BCUT2D eigenvalue weighted by atomic mass is 32.2. The van der Waals surface area contributed by atoms with E-state index in [1.54, 1.807) is 20.8 Å². The summed E-state index contributed by atoms with van der Waals surface area (Å²) in [5.41, 5.74) is -0.155. The van der Waals surface area contributed by atoms with E-state index in [9.17, 15) is 23.1 Å². The molecule has 2 rings (SSSR count). The van der Waals surface area contributed by atoms with E-state index < -0.39 is 33.4 Å². The van der Waals surface area contributed by atoms with Crippen molar-refractivity contribution >= 4 is 27.6 Å². The maximum atomic E-state index is 12.4. The molecule has 1 aromatic rings. The van der Waals surface area contributed by atoms with Crippen LogP contribution < -0.4 is 10.0 Å². The van der Waals surface area contributed by atoms with E-state index in [0.29, 0.717) is 18.5 Å². The highest BCUT2D eigenvalue weighted by Gasteiger charge is 2.35. The van der Waals surface area contributed by atoms with E-state index in [2.05, 4.69) is 10.0 Å². The Morgan fingerprint density at radius 3 is 2.08 bits per heavy atom. The normalized spacial score (nSPS) is 21.2. The van der Waals surface area contributed by atoms with E-state index >= 15 is 0 Å². The van der Waals surface area contributed by atoms with Crippen LogP contribution in [0.4, 0.5) is 5.69 Å². The first-order chi connectivity index (χ1) is 12.0. The van der Waals surface area contributed by atoms with Crippen LogP contribution >= 0.6 is 0 Å². The van der Waals surface area contributed by atoms with Gasteiger partial charge in [0.25, 0.3) is 0 Å². The minimum Gasteiger partial charge on any atom is -0.481 e. The Labute approximate surface area is 154 Å². The van der Waals surface area contributed by atoms with Gasteiger partial charge in [-0.05, 0) is 57.9 Å². The van der Waals surface area contributed by atoms with Crippen molar-refractivity contribution in [1.29, 1.82) is 0 Å². The van der Waals surface area contributed by atoms with Gasteiger partial charge in [0.05, 0.1) is 16.7 Å². The summed E-state index contributed by atoms with van der Waals surface area (Å²) in [6, 6.07) is 5.85. The van der Waals surface area contributed by atoms with Gasteiger partial charge in [0, 0.05) is 11.2 Å². The summed E-state index contributed by atoms with van der Waals surface area (Å²) in [5.74, 6) is -2.51. The van der Waals surface area contributed by atoms with Gasteiger partial charge < -0.3 is 10.4 Å². The van der Waals surface area contributed by atoms with E-state index in [1.165, 1.54) is 24.3 Å². The molecule has 1 amide bonds. The summed E-state index contributed by atoms with van der Waals surface area (Å²) in [6.45, 7) is 5.26. The maximum Gasteiger partial charge on any atom is 0.307 e. The molecule has 8 heteroatoms. The summed E-state index contributed by atoms with van der Waals surface area (Å²) >= 11 is 0. The van der Waals surface area contributed by atoms with Gasteiger partial charge in [-0.3, -0.25) is 9.59 Å². The van der Waals surface area contributed by atoms with Gasteiger partial charge in [-0.15, -0.1) is 0 Å². The molecule has 0 aliphatic heterocycles. The number of carbonyl (C=O) groups is 2. The third-order valence-corrected chi connectivity index (χ3v) is 6.07. The van der Waals surface area contributed by atoms with Gasteiger partial charge in [-0.1, -0.05) is 12.8 Å². The molecule has 0 radical (unpaired) electrons. The molecular formula is C18H26N2O5S. The molecule has 1 aromatic carbocycles. The molecule has 0 aromatic heterocycles. The lowest BCUT2D eigenvalue weighted by molar-refractivity contribution is -0.147. The Morgan fingerprint density at radius 1 is 1.04 bits per heavy atom. The fourth-order valence-corrected chi connectivity index (χ4v) is 4.57. The molecule has 0 unspecified atom stereocenters. The van der Waals surface area contributed by atoms with Gasteiger partial charge in [0.2, 0.25) is 15.9 Å². The molecule has 1 aliphatic rings. The lowest BCUT2D eigenvalue weighted by atomic mass is 9.78. The third-order valence-electron chi connectivity index (χ3n) is 4.29. The molecule has 0 saturated heterocycles. The summed E-state index contributed by atoms with van der Waals surface area (Å²) in [6.07, 6.45) is 2.69. The summed E-state index contributed by atoms with van der Waals surface area (Å²) in [7, 11) is -3.64. The second-order valence-corrected chi connectivity index (χ2v) is 9.39. The SMILES string of the molecule is CC(C)(C)NS(=O)(=O)c1ccc(NC(=O)[C@@H]2CCCC[C@@H]2C(=O)O)cc1. The first-order valence-electron chi connectivity index (χ1n) is 8.67. The van der Waals surface area contributed by atoms with Crippen molar-refractivity contribution in [3.05, 3.63) is 24.3 Å². The minimum atomic E-state index is -3.64. The van der Waals surface area contributed by atoms with Crippen LogP contribution in [0.1, 0.15) is 46.5 Å². The standard InChI is InChI=1S/C18H26N2O5S/c1-18(2,3)20-26(24,25)13-10-8-12(9-11-13)19-16(21)14-6-4-5-7-15(14)17(22)23/h8-11,14-15,20H,4-7H2,1-3H3,(H,19,21)(H,22,23)/t14-,15+/m1/s1. The summed E-state index contributed by atoms with van der Waals surface area (Å²) in [5, 5.41) is 12.0. The number of anilines is 1. The van der Waals surface area contributed by atoms with Crippen LogP contribution in [-0.2, 0) is 19.6 Å². The van der Waals surface area contributed by atoms with Crippen molar-refractivity contribution in [2.45, 2.75) is 56.9 Å². The molecular weight excluding hydrogens is 356 g/mol.